The fourth-order valence-electron chi connectivity index (χ4n) is 3.32. The quantitative estimate of drug-likeness (QED) is 0.212. The predicted octanol–water partition coefficient (Wildman–Crippen LogP) is 3.03. The number of hydrogen-bond donors (Lipinski definition) is 2. The van der Waals surface area contributed by atoms with Crippen molar-refractivity contribution in [2.24, 2.45) is 0 Å². The van der Waals surface area contributed by atoms with Crippen molar-refractivity contribution in [1.82, 2.24) is 0 Å². The van der Waals surface area contributed by atoms with Crippen molar-refractivity contribution in [1.29, 1.82) is 0 Å². The van der Waals surface area contributed by atoms with Gasteiger partial charge in [-0.05, 0) is 29.8 Å². The molecule has 0 amide bonds. The van der Waals surface area contributed by atoms with Crippen molar-refractivity contribution in [3.05, 3.63) is 59.0 Å². The molecule has 3 rings (SSSR count). The van der Waals surface area contributed by atoms with Gasteiger partial charge in [-0.1, -0.05) is 12.1 Å². The first-order chi connectivity index (χ1) is 18.7. The van der Waals surface area contributed by atoms with Crippen molar-refractivity contribution in [3.8, 4) is 22.6 Å². The van der Waals surface area contributed by atoms with Crippen molar-refractivity contribution < 1.29 is 52.8 Å². The van der Waals surface area contributed by atoms with Crippen molar-refractivity contribution >= 4 is 34.8 Å². The highest BCUT2D eigenvalue weighted by molar-refractivity contribution is 5.82. The summed E-state index contributed by atoms with van der Waals surface area (Å²) in [6.45, 7) is 0.0250. The van der Waals surface area contributed by atoms with E-state index in [-0.39, 0.29) is 57.5 Å². The second kappa shape index (κ2) is 14.2. The Bertz CT molecular complexity index is 1370. The summed E-state index contributed by atoms with van der Waals surface area (Å²) in [6.07, 6.45) is 0.312. The molecule has 0 atom stereocenters. The maximum Gasteiger partial charge on any atom is 0.306 e. The Labute approximate surface area is 221 Å². The Morgan fingerprint density at radius 1 is 0.692 bits per heavy atom. The average Bonchev–Trinajstić information content (AvgIpc) is 2.92. The molecule has 0 bridgehead atoms. The molecule has 0 fully saturated rings. The molecule has 12 heteroatoms. The van der Waals surface area contributed by atoms with E-state index in [9.17, 15) is 24.0 Å². The van der Waals surface area contributed by atoms with Crippen LogP contribution in [0, 0.1) is 0 Å². The molecule has 0 saturated carbocycles. The molecule has 0 spiro atoms. The zero-order valence-corrected chi connectivity index (χ0v) is 20.8. The number of benzene rings is 2. The summed E-state index contributed by atoms with van der Waals surface area (Å²) >= 11 is 0. The number of ether oxygens (including phenoxy) is 4. The summed E-state index contributed by atoms with van der Waals surface area (Å²) < 4.78 is 26.5. The van der Waals surface area contributed by atoms with Crippen LogP contribution in [0.3, 0.4) is 0 Å². The number of aliphatic carboxylic acids is 2. The van der Waals surface area contributed by atoms with Gasteiger partial charge in [-0.3, -0.25) is 24.0 Å². The van der Waals surface area contributed by atoms with Gasteiger partial charge in [-0.2, -0.15) is 0 Å². The molecule has 2 aromatic carbocycles. The number of carbonyl (C=O) groups excluding carboxylic acids is 2. The van der Waals surface area contributed by atoms with Gasteiger partial charge in [0, 0.05) is 6.07 Å². The molecular weight excluding hydrogens is 516 g/mol. The van der Waals surface area contributed by atoms with Gasteiger partial charge in [0.2, 0.25) is 0 Å². The van der Waals surface area contributed by atoms with Crippen molar-refractivity contribution in [3.63, 3.8) is 0 Å². The fraction of sp³-hybridized carbons (Fsp3) is 0.296. The summed E-state index contributed by atoms with van der Waals surface area (Å²) in [5.74, 6) is -2.53. The summed E-state index contributed by atoms with van der Waals surface area (Å²) in [4.78, 5) is 56.8. The Hall–Kier alpha value is -4.87. The molecule has 0 aliphatic rings. The lowest BCUT2D eigenvalue weighted by Gasteiger charge is -2.09. The van der Waals surface area contributed by atoms with Gasteiger partial charge in [0.15, 0.2) is 5.43 Å². The normalized spacial score (nSPS) is 10.6. The molecule has 1 aromatic heterocycles. The van der Waals surface area contributed by atoms with Gasteiger partial charge in [0.1, 0.15) is 49.8 Å². The highest BCUT2D eigenvalue weighted by Gasteiger charge is 2.12. The molecule has 0 saturated heterocycles. The van der Waals surface area contributed by atoms with Crippen LogP contribution in [0.2, 0.25) is 0 Å². The lowest BCUT2D eigenvalue weighted by Crippen LogP contribution is -2.13. The van der Waals surface area contributed by atoms with E-state index in [0.717, 1.165) is 0 Å². The molecule has 2 N–H and O–H groups in total. The van der Waals surface area contributed by atoms with Crippen LogP contribution in [-0.2, 0) is 28.7 Å². The highest BCUT2D eigenvalue weighted by Crippen LogP contribution is 2.24. The van der Waals surface area contributed by atoms with Crippen LogP contribution in [0.5, 0.6) is 11.5 Å². The predicted molar refractivity (Wildman–Crippen MR) is 135 cm³/mol. The third kappa shape index (κ3) is 9.18. The first kappa shape index (κ1) is 28.7. The fourth-order valence-corrected chi connectivity index (χ4v) is 3.32. The van der Waals surface area contributed by atoms with Gasteiger partial charge in [0.25, 0.3) is 0 Å². The van der Waals surface area contributed by atoms with Crippen LogP contribution in [-0.4, -0.2) is 60.5 Å². The minimum Gasteiger partial charge on any atom is -0.490 e. The number of hydrogen-bond acceptors (Lipinski definition) is 10. The summed E-state index contributed by atoms with van der Waals surface area (Å²) in [7, 11) is 0. The summed E-state index contributed by atoms with van der Waals surface area (Å²) in [6, 6.07) is 11.4. The number of rotatable bonds is 15. The third-order valence-electron chi connectivity index (χ3n) is 5.23. The smallest absolute Gasteiger partial charge is 0.306 e. The maximum atomic E-state index is 13.0. The number of esters is 2. The lowest BCUT2D eigenvalue weighted by molar-refractivity contribution is -0.148. The van der Waals surface area contributed by atoms with Gasteiger partial charge in [-0.15, -0.1) is 0 Å². The topological polar surface area (TPSA) is 176 Å². The first-order valence-electron chi connectivity index (χ1n) is 11.9. The first-order valence-corrected chi connectivity index (χ1v) is 11.9. The molecule has 0 unspecified atom stereocenters. The molecule has 39 heavy (non-hydrogen) atoms. The van der Waals surface area contributed by atoms with E-state index < -0.39 is 23.9 Å². The van der Waals surface area contributed by atoms with Gasteiger partial charge < -0.3 is 33.6 Å². The monoisotopic (exact) mass is 542 g/mol. The second-order valence-corrected chi connectivity index (χ2v) is 8.09. The van der Waals surface area contributed by atoms with E-state index in [4.69, 9.17) is 33.6 Å². The van der Waals surface area contributed by atoms with Gasteiger partial charge in [-0.25, -0.2) is 0 Å². The van der Waals surface area contributed by atoms with Crippen LogP contribution >= 0.6 is 0 Å². The van der Waals surface area contributed by atoms with Crippen LogP contribution in [0.1, 0.15) is 25.7 Å². The van der Waals surface area contributed by atoms with E-state index in [2.05, 4.69) is 0 Å². The standard InChI is InChI=1S/C27H26O12/c28-23(29)7-9-25(32)37-13-11-35-18-3-1-17(2-4-18)21-16-39-22-15-19(5-6-20(22)27(21)34)36-12-14-38-26(33)10-8-24(30)31/h1-6,15-16H,7-14H2,(H,28,29)(H,30,31). The number of carboxylic acids is 2. The van der Waals surface area contributed by atoms with Crippen molar-refractivity contribution in [2.75, 3.05) is 26.4 Å². The van der Waals surface area contributed by atoms with Gasteiger partial charge >= 0.3 is 23.9 Å². The minimum absolute atomic E-state index is 0.0297. The third-order valence-corrected chi connectivity index (χ3v) is 5.23. The number of carboxylic acid groups (broad SMARTS) is 2. The lowest BCUT2D eigenvalue weighted by atomic mass is 10.1. The molecule has 0 aliphatic carbocycles. The summed E-state index contributed by atoms with van der Waals surface area (Å²) in [5.41, 5.74) is 0.987. The van der Waals surface area contributed by atoms with Crippen LogP contribution in [0.4, 0.5) is 0 Å². The molecule has 0 aliphatic heterocycles. The van der Waals surface area contributed by atoms with Crippen molar-refractivity contribution in [2.45, 2.75) is 25.7 Å². The zero-order chi connectivity index (χ0) is 28.2. The highest BCUT2D eigenvalue weighted by atomic mass is 16.6. The Morgan fingerprint density at radius 2 is 1.23 bits per heavy atom. The molecular formula is C27H26O12. The van der Waals surface area contributed by atoms with E-state index in [0.29, 0.717) is 33.6 Å². The SMILES string of the molecule is O=C(O)CCC(=O)OCCOc1ccc(-c2coc3cc(OCCOC(=O)CCC(=O)O)ccc3c2=O)cc1. The van der Waals surface area contributed by atoms with Crippen LogP contribution in [0.25, 0.3) is 22.1 Å². The average molecular weight is 542 g/mol. The largest absolute Gasteiger partial charge is 0.490 e. The van der Waals surface area contributed by atoms with E-state index in [1.54, 1.807) is 36.4 Å². The molecule has 1 heterocycles. The molecule has 206 valence electrons. The zero-order valence-electron chi connectivity index (χ0n) is 20.8. The Balaban J connectivity index is 1.52. The maximum absolute atomic E-state index is 13.0. The summed E-state index contributed by atoms with van der Waals surface area (Å²) in [5, 5.41) is 17.5. The number of fused-ring (bicyclic) bond motifs is 1. The van der Waals surface area contributed by atoms with E-state index in [1.165, 1.54) is 12.3 Å². The molecule has 12 nitrogen and oxygen atoms in total. The van der Waals surface area contributed by atoms with Crippen LogP contribution in [0.15, 0.2) is 57.9 Å². The van der Waals surface area contributed by atoms with Crippen LogP contribution < -0.4 is 14.9 Å². The number of carbonyl (C=O) groups is 4. The van der Waals surface area contributed by atoms with Gasteiger partial charge in [0.05, 0.1) is 36.6 Å². The Kier molecular flexibility index (Phi) is 10.4. The second-order valence-electron chi connectivity index (χ2n) is 8.09. The Morgan fingerprint density at radius 3 is 1.79 bits per heavy atom. The molecule has 3 aromatic rings. The minimum atomic E-state index is -1.08. The van der Waals surface area contributed by atoms with E-state index >= 15 is 0 Å². The molecule has 0 radical (unpaired) electrons. The van der Waals surface area contributed by atoms with E-state index in [1.807, 2.05) is 0 Å².